The second-order valence-corrected chi connectivity index (χ2v) is 12.9. The van der Waals surface area contributed by atoms with E-state index in [0.29, 0.717) is 41.9 Å². The quantitative estimate of drug-likeness (QED) is 0.0353. The lowest BCUT2D eigenvalue weighted by Crippen LogP contribution is -2.43. The highest BCUT2D eigenvalue weighted by Crippen LogP contribution is 2.25. The number of nitrogens with zero attached hydrogens (tertiary/aromatic N) is 1. The third-order valence-corrected chi connectivity index (χ3v) is 8.09. The highest BCUT2D eigenvalue weighted by atomic mass is 16.2. The highest BCUT2D eigenvalue weighted by Gasteiger charge is 2.15. The van der Waals surface area contributed by atoms with Gasteiger partial charge in [-0.1, -0.05) is 31.7 Å². The molecule has 3 unspecified atom stereocenters. The smallest absolute Gasteiger partial charge is 0.224 e. The average molecular weight is 751 g/mol. The molecule has 0 aliphatic rings. The molecule has 3 atom stereocenters. The summed E-state index contributed by atoms with van der Waals surface area (Å²) in [5.41, 5.74) is 45.5. The van der Waals surface area contributed by atoms with Gasteiger partial charge in [0.2, 0.25) is 17.8 Å². The number of carbonyl (C=O) groups is 2. The number of benzene rings is 2. The number of carbonyl (C=O) groups excluding carboxylic acids is 2. The Morgan fingerprint density at radius 1 is 0.574 bits per heavy atom. The third kappa shape index (κ3) is 17.5. The number of hydrazine groups is 3. The summed E-state index contributed by atoms with van der Waals surface area (Å²) in [4.78, 5) is 25.7. The first-order valence-electron chi connectivity index (χ1n) is 17.6. The van der Waals surface area contributed by atoms with Crippen molar-refractivity contribution < 1.29 is 9.59 Å². The largest absolute Gasteiger partial charge is 0.369 e. The van der Waals surface area contributed by atoms with Gasteiger partial charge in [-0.25, -0.2) is 21.7 Å². The standard InChI is InChI=1S/C34H58N18O2/c1-19(45-49-31(35)36)23-13-24(20(2)46-50-32(37)38)16-27(15-23)43-29(53)11-9-7-5-6-8-10-12-30(54)44-28-17-25(21(3)47-51-33(39)40)14-26(18-28)22(4)48-52-34(41)42/h13-21,45-47H,5-12H2,1-4H3,(H,43,53)(H,44,54)(H4,35,36,49)(H4,37,38,50)(H4,39,40,51)(H4,41,42,52)/b48-22+. The van der Waals surface area contributed by atoms with Crippen molar-refractivity contribution >= 4 is 52.7 Å². The summed E-state index contributed by atoms with van der Waals surface area (Å²) < 4.78 is 0. The lowest BCUT2D eigenvalue weighted by Gasteiger charge is -2.21. The molecule has 54 heavy (non-hydrogen) atoms. The van der Waals surface area contributed by atoms with Crippen LogP contribution in [0.25, 0.3) is 0 Å². The fourth-order valence-electron chi connectivity index (χ4n) is 5.17. The van der Waals surface area contributed by atoms with Gasteiger partial charge < -0.3 is 33.6 Å². The van der Waals surface area contributed by atoms with Crippen LogP contribution in [0.15, 0.2) is 41.5 Å². The van der Waals surface area contributed by atoms with Gasteiger partial charge in [0.1, 0.15) is 0 Å². The number of nitrogens with one attached hydrogen (secondary N) is 13. The Labute approximate surface area is 316 Å². The molecule has 0 radical (unpaired) electrons. The summed E-state index contributed by atoms with van der Waals surface area (Å²) in [6, 6.07) is 10.4. The number of hydrazone groups is 1. The summed E-state index contributed by atoms with van der Waals surface area (Å²) in [6.45, 7) is 7.40. The molecule has 2 rings (SSSR count). The van der Waals surface area contributed by atoms with Gasteiger partial charge in [0.15, 0.2) is 17.9 Å². The average Bonchev–Trinajstić information content (AvgIpc) is 3.11. The molecule has 2 amide bonds. The number of amides is 2. The van der Waals surface area contributed by atoms with Gasteiger partial charge >= 0.3 is 0 Å². The Morgan fingerprint density at radius 3 is 1.33 bits per heavy atom. The Bertz CT molecular complexity index is 1600. The fourth-order valence-corrected chi connectivity index (χ4v) is 5.17. The molecule has 0 aromatic heterocycles. The minimum absolute atomic E-state index is 0.108. The van der Waals surface area contributed by atoms with E-state index >= 15 is 0 Å². The van der Waals surface area contributed by atoms with Gasteiger partial charge in [0, 0.05) is 42.3 Å². The van der Waals surface area contributed by atoms with Crippen molar-refractivity contribution in [3.05, 3.63) is 58.7 Å². The van der Waals surface area contributed by atoms with Crippen LogP contribution in [-0.4, -0.2) is 41.4 Å². The van der Waals surface area contributed by atoms with E-state index in [4.69, 9.17) is 44.6 Å². The summed E-state index contributed by atoms with van der Waals surface area (Å²) in [7, 11) is 0. The molecule has 0 aliphatic heterocycles. The Morgan fingerprint density at radius 2 is 0.944 bits per heavy atom. The van der Waals surface area contributed by atoms with E-state index in [0.717, 1.165) is 48.8 Å². The monoisotopic (exact) mass is 750 g/mol. The van der Waals surface area contributed by atoms with Gasteiger partial charge in [-0.2, -0.15) is 5.10 Å². The number of rotatable bonds is 22. The maximum absolute atomic E-state index is 12.9. The number of hydrogen-bond donors (Lipinski definition) is 17. The minimum Gasteiger partial charge on any atom is -0.369 e. The van der Waals surface area contributed by atoms with Crippen LogP contribution in [0.2, 0.25) is 0 Å². The van der Waals surface area contributed by atoms with Crippen molar-refractivity contribution in [2.45, 2.75) is 97.2 Å². The molecule has 0 bridgehead atoms. The van der Waals surface area contributed by atoms with Crippen molar-refractivity contribution in [2.24, 2.45) is 28.0 Å². The molecule has 2 aromatic rings. The molecule has 20 heteroatoms. The molecule has 2 aromatic carbocycles. The van der Waals surface area contributed by atoms with Gasteiger partial charge in [-0.3, -0.25) is 47.5 Å². The lowest BCUT2D eigenvalue weighted by atomic mass is 10.0. The van der Waals surface area contributed by atoms with Gasteiger partial charge in [0.05, 0.1) is 5.71 Å². The van der Waals surface area contributed by atoms with E-state index in [-0.39, 0.29) is 53.8 Å². The first kappa shape index (κ1) is 44.2. The number of anilines is 2. The van der Waals surface area contributed by atoms with E-state index < -0.39 is 0 Å². The Kier molecular flexibility index (Phi) is 18.7. The normalized spacial score (nSPS) is 12.8. The molecule has 296 valence electrons. The Balaban J connectivity index is 1.85. The van der Waals surface area contributed by atoms with Crippen molar-refractivity contribution in [3.63, 3.8) is 0 Å². The van der Waals surface area contributed by atoms with Crippen LogP contribution in [0.5, 0.6) is 0 Å². The Hall–Kier alpha value is -5.99. The molecular weight excluding hydrogens is 692 g/mol. The van der Waals surface area contributed by atoms with Crippen LogP contribution < -0.4 is 71.5 Å². The first-order chi connectivity index (χ1) is 25.5. The number of guanidine groups is 4. The van der Waals surface area contributed by atoms with Crippen LogP contribution in [0.4, 0.5) is 11.4 Å². The summed E-state index contributed by atoms with van der Waals surface area (Å²) >= 11 is 0. The predicted octanol–water partition coefficient (Wildman–Crippen LogP) is 1.74. The fraction of sp³-hybridized carbons (Fsp3) is 0.441. The molecule has 0 spiro atoms. The van der Waals surface area contributed by atoms with E-state index in [9.17, 15) is 9.59 Å². The number of hydrogen-bond acceptors (Lipinski definition) is 10. The topological polar surface area (TPSA) is 354 Å². The second-order valence-electron chi connectivity index (χ2n) is 12.9. The minimum atomic E-state index is -0.299. The molecular formula is C34H58N18O2. The molecule has 0 fully saturated rings. The second kappa shape index (κ2) is 22.8. The lowest BCUT2D eigenvalue weighted by molar-refractivity contribution is -0.117. The van der Waals surface area contributed by atoms with Crippen molar-refractivity contribution in [3.8, 4) is 0 Å². The summed E-state index contributed by atoms with van der Waals surface area (Å²) in [6.07, 6.45) is 5.75. The molecule has 0 saturated carbocycles. The summed E-state index contributed by atoms with van der Waals surface area (Å²) in [5, 5.41) is 39.6. The van der Waals surface area contributed by atoms with Crippen LogP contribution in [0.3, 0.4) is 0 Å². The zero-order valence-electron chi connectivity index (χ0n) is 31.4. The summed E-state index contributed by atoms with van der Waals surface area (Å²) in [5.74, 6) is -1.21. The maximum Gasteiger partial charge on any atom is 0.224 e. The molecule has 21 N–H and O–H groups in total. The van der Waals surface area contributed by atoms with Crippen LogP contribution in [0, 0.1) is 21.6 Å². The maximum atomic E-state index is 12.9. The molecule has 0 heterocycles. The third-order valence-electron chi connectivity index (χ3n) is 8.09. The zero-order valence-corrected chi connectivity index (χ0v) is 31.4. The van der Waals surface area contributed by atoms with Gasteiger partial charge in [0.25, 0.3) is 0 Å². The van der Waals surface area contributed by atoms with Gasteiger partial charge in [-0.15, -0.1) is 0 Å². The first-order valence-corrected chi connectivity index (χ1v) is 17.6. The van der Waals surface area contributed by atoms with Crippen LogP contribution in [0.1, 0.15) is 119 Å². The van der Waals surface area contributed by atoms with Crippen LogP contribution in [-0.2, 0) is 9.59 Å². The van der Waals surface area contributed by atoms with Crippen molar-refractivity contribution in [2.75, 3.05) is 10.6 Å². The van der Waals surface area contributed by atoms with E-state index in [1.807, 2.05) is 51.1 Å². The van der Waals surface area contributed by atoms with Crippen LogP contribution >= 0.6 is 0 Å². The number of nitrogens with two attached hydrogens (primary N) is 4. The molecule has 0 aliphatic carbocycles. The van der Waals surface area contributed by atoms with Gasteiger partial charge in [-0.05, 0) is 93.1 Å². The SMILES string of the molecule is C/C(=N\NC(=N)N)c1cc(NC(=O)CCCCCCCCC(=O)Nc2cc(C(C)NNC(=N)N)cc(C(C)NNC(=N)N)c2)cc(C(C)NNC(=N)N)c1. The molecule has 20 nitrogen and oxygen atoms in total. The van der Waals surface area contributed by atoms with E-state index in [2.05, 4.69) is 53.7 Å². The molecule has 0 saturated heterocycles. The van der Waals surface area contributed by atoms with Crippen molar-refractivity contribution in [1.29, 1.82) is 21.6 Å². The van der Waals surface area contributed by atoms with E-state index in [1.54, 1.807) is 13.0 Å². The zero-order chi connectivity index (χ0) is 40.2. The predicted molar refractivity (Wildman–Crippen MR) is 214 cm³/mol. The van der Waals surface area contributed by atoms with E-state index in [1.165, 1.54) is 0 Å². The number of unbranched alkanes of at least 4 members (excludes halogenated alkanes) is 5. The highest BCUT2D eigenvalue weighted by molar-refractivity contribution is 6.01. The van der Waals surface area contributed by atoms with Crippen molar-refractivity contribution in [1.82, 2.24) is 38.0 Å².